The summed E-state index contributed by atoms with van der Waals surface area (Å²) >= 11 is 4.57. The zero-order valence-electron chi connectivity index (χ0n) is 8.73. The minimum atomic E-state index is -0.603. The number of esters is 1. The SMILES string of the molecule is COC(=O)c1ccc(C(=O)c2sccc2Br)o1. The third kappa shape index (κ3) is 2.32. The van der Waals surface area contributed by atoms with Crippen molar-refractivity contribution in [3.8, 4) is 0 Å². The Labute approximate surface area is 109 Å². The Morgan fingerprint density at radius 3 is 2.59 bits per heavy atom. The Morgan fingerprint density at radius 2 is 2.00 bits per heavy atom. The number of carbonyl (C=O) groups is 2. The number of ketones is 1. The van der Waals surface area contributed by atoms with Crippen molar-refractivity contribution in [2.24, 2.45) is 0 Å². The van der Waals surface area contributed by atoms with E-state index in [1.54, 1.807) is 11.4 Å². The molecule has 88 valence electrons. The molecule has 2 rings (SSSR count). The average Bonchev–Trinajstić information content (AvgIpc) is 2.95. The van der Waals surface area contributed by atoms with Gasteiger partial charge in [-0.15, -0.1) is 11.3 Å². The van der Waals surface area contributed by atoms with Gasteiger partial charge in [-0.05, 0) is 39.5 Å². The first-order valence-electron chi connectivity index (χ1n) is 4.59. The van der Waals surface area contributed by atoms with E-state index in [0.717, 1.165) is 0 Å². The lowest BCUT2D eigenvalue weighted by Gasteiger charge is -1.95. The number of thiophene rings is 1. The molecule has 0 saturated carbocycles. The molecule has 6 heteroatoms. The lowest BCUT2D eigenvalue weighted by molar-refractivity contribution is 0.0563. The highest BCUT2D eigenvalue weighted by molar-refractivity contribution is 9.10. The predicted octanol–water partition coefficient (Wildman–Crippen LogP) is 3.12. The van der Waals surface area contributed by atoms with Gasteiger partial charge in [-0.1, -0.05) is 0 Å². The summed E-state index contributed by atoms with van der Waals surface area (Å²) in [6, 6.07) is 4.66. The second-order valence-electron chi connectivity index (χ2n) is 3.08. The molecule has 0 fully saturated rings. The van der Waals surface area contributed by atoms with Crippen LogP contribution in [0.3, 0.4) is 0 Å². The van der Waals surface area contributed by atoms with Crippen molar-refractivity contribution in [3.05, 3.63) is 44.4 Å². The smallest absolute Gasteiger partial charge is 0.373 e. The molecule has 0 N–H and O–H groups in total. The molecule has 2 aromatic rings. The van der Waals surface area contributed by atoms with Crippen LogP contribution in [0.4, 0.5) is 0 Å². The molecule has 0 unspecified atom stereocenters. The van der Waals surface area contributed by atoms with Gasteiger partial charge in [-0.2, -0.15) is 0 Å². The third-order valence-corrected chi connectivity index (χ3v) is 3.88. The van der Waals surface area contributed by atoms with Crippen LogP contribution in [0.25, 0.3) is 0 Å². The number of hydrogen-bond donors (Lipinski definition) is 0. The van der Waals surface area contributed by atoms with E-state index in [1.165, 1.54) is 30.6 Å². The second kappa shape index (κ2) is 4.85. The van der Waals surface area contributed by atoms with Crippen LogP contribution >= 0.6 is 27.3 Å². The molecular formula is C11H7BrO4S. The molecule has 0 aliphatic carbocycles. The highest BCUT2D eigenvalue weighted by atomic mass is 79.9. The maximum atomic E-state index is 12.0. The highest BCUT2D eigenvalue weighted by Crippen LogP contribution is 2.26. The lowest BCUT2D eigenvalue weighted by atomic mass is 10.2. The maximum Gasteiger partial charge on any atom is 0.373 e. The van der Waals surface area contributed by atoms with Crippen molar-refractivity contribution in [2.75, 3.05) is 7.11 Å². The summed E-state index contributed by atoms with van der Waals surface area (Å²) in [5.74, 6) is -0.728. The van der Waals surface area contributed by atoms with E-state index in [2.05, 4.69) is 20.7 Å². The number of ether oxygens (including phenoxy) is 1. The van der Waals surface area contributed by atoms with E-state index in [9.17, 15) is 9.59 Å². The summed E-state index contributed by atoms with van der Waals surface area (Å²) in [5, 5.41) is 1.79. The molecule has 0 aliphatic rings. The van der Waals surface area contributed by atoms with Gasteiger partial charge < -0.3 is 9.15 Å². The van der Waals surface area contributed by atoms with Crippen LogP contribution in [0.15, 0.2) is 32.5 Å². The van der Waals surface area contributed by atoms with Crippen LogP contribution in [0, 0.1) is 0 Å². The van der Waals surface area contributed by atoms with Crippen molar-refractivity contribution in [1.82, 2.24) is 0 Å². The maximum absolute atomic E-state index is 12.0. The monoisotopic (exact) mass is 314 g/mol. The number of hydrogen-bond acceptors (Lipinski definition) is 5. The van der Waals surface area contributed by atoms with E-state index in [-0.39, 0.29) is 17.3 Å². The summed E-state index contributed by atoms with van der Waals surface area (Å²) in [6.07, 6.45) is 0. The molecule has 0 aliphatic heterocycles. The molecule has 0 saturated heterocycles. The zero-order chi connectivity index (χ0) is 12.4. The van der Waals surface area contributed by atoms with Gasteiger partial charge in [0.15, 0.2) is 5.76 Å². The van der Waals surface area contributed by atoms with Gasteiger partial charge in [0.1, 0.15) is 0 Å². The van der Waals surface area contributed by atoms with E-state index in [1.807, 2.05) is 0 Å². The topological polar surface area (TPSA) is 56.5 Å². The largest absolute Gasteiger partial charge is 0.463 e. The summed E-state index contributed by atoms with van der Waals surface area (Å²) in [7, 11) is 1.25. The fourth-order valence-corrected chi connectivity index (χ4v) is 2.73. The molecule has 2 heterocycles. The minimum absolute atomic E-state index is 0.0172. The summed E-state index contributed by atoms with van der Waals surface area (Å²) in [5.41, 5.74) is 0. The third-order valence-electron chi connectivity index (χ3n) is 2.04. The fourth-order valence-electron chi connectivity index (χ4n) is 1.24. The Morgan fingerprint density at radius 1 is 1.29 bits per heavy atom. The molecule has 17 heavy (non-hydrogen) atoms. The van der Waals surface area contributed by atoms with Gasteiger partial charge >= 0.3 is 5.97 Å². The number of halogens is 1. The highest BCUT2D eigenvalue weighted by Gasteiger charge is 2.20. The first kappa shape index (κ1) is 12.1. The van der Waals surface area contributed by atoms with Crippen LogP contribution in [0.2, 0.25) is 0 Å². The summed E-state index contributed by atoms with van der Waals surface area (Å²) in [6.45, 7) is 0. The van der Waals surface area contributed by atoms with Gasteiger partial charge in [-0.3, -0.25) is 4.79 Å². The van der Waals surface area contributed by atoms with Crippen LogP contribution in [-0.4, -0.2) is 18.9 Å². The van der Waals surface area contributed by atoms with Gasteiger partial charge in [0, 0.05) is 4.47 Å². The van der Waals surface area contributed by atoms with Gasteiger partial charge in [0.25, 0.3) is 0 Å². The van der Waals surface area contributed by atoms with Crippen molar-refractivity contribution in [1.29, 1.82) is 0 Å². The quantitative estimate of drug-likeness (QED) is 0.645. The Hall–Kier alpha value is -1.40. The Kier molecular flexibility index (Phi) is 3.44. The zero-order valence-corrected chi connectivity index (χ0v) is 11.1. The summed E-state index contributed by atoms with van der Waals surface area (Å²) < 4.78 is 10.3. The number of carbonyl (C=O) groups excluding carboxylic acids is 2. The first-order valence-corrected chi connectivity index (χ1v) is 6.26. The number of methoxy groups -OCH3 is 1. The van der Waals surface area contributed by atoms with Crippen LogP contribution in [0.5, 0.6) is 0 Å². The van der Waals surface area contributed by atoms with E-state index >= 15 is 0 Å². The Balaban J connectivity index is 2.30. The van der Waals surface area contributed by atoms with Gasteiger partial charge in [-0.25, -0.2) is 4.79 Å². The molecule has 4 nitrogen and oxygen atoms in total. The fraction of sp³-hybridized carbons (Fsp3) is 0.0909. The molecule has 0 amide bonds. The average molecular weight is 315 g/mol. The van der Waals surface area contributed by atoms with Crippen molar-refractivity contribution < 1.29 is 18.7 Å². The van der Waals surface area contributed by atoms with E-state index < -0.39 is 5.97 Å². The van der Waals surface area contributed by atoms with Crippen molar-refractivity contribution in [2.45, 2.75) is 0 Å². The van der Waals surface area contributed by atoms with Gasteiger partial charge in [0.05, 0.1) is 12.0 Å². The number of rotatable bonds is 3. The molecule has 0 bridgehead atoms. The molecule has 2 aromatic heterocycles. The molecule has 0 aromatic carbocycles. The van der Waals surface area contributed by atoms with E-state index in [0.29, 0.717) is 9.35 Å². The molecule has 0 spiro atoms. The predicted molar refractivity (Wildman–Crippen MR) is 65.5 cm³/mol. The van der Waals surface area contributed by atoms with Crippen LogP contribution in [-0.2, 0) is 4.74 Å². The van der Waals surface area contributed by atoms with E-state index in [4.69, 9.17) is 4.42 Å². The molecule has 0 radical (unpaired) electrons. The first-order chi connectivity index (χ1) is 8.13. The lowest BCUT2D eigenvalue weighted by Crippen LogP contribution is -2.00. The van der Waals surface area contributed by atoms with Crippen LogP contribution in [0.1, 0.15) is 26.0 Å². The minimum Gasteiger partial charge on any atom is -0.463 e. The van der Waals surface area contributed by atoms with Gasteiger partial charge in [0.2, 0.25) is 11.5 Å². The summed E-state index contributed by atoms with van der Waals surface area (Å²) in [4.78, 5) is 23.7. The second-order valence-corrected chi connectivity index (χ2v) is 4.85. The molecule has 0 atom stereocenters. The molecular weight excluding hydrogens is 308 g/mol. The normalized spacial score (nSPS) is 10.2. The Bertz CT molecular complexity index is 570. The van der Waals surface area contributed by atoms with Crippen molar-refractivity contribution in [3.63, 3.8) is 0 Å². The number of furan rings is 1. The standard InChI is InChI=1S/C11H7BrO4S/c1-15-11(14)8-3-2-7(16-8)9(13)10-6(12)4-5-17-10/h2-5H,1H3. The van der Waals surface area contributed by atoms with Crippen molar-refractivity contribution >= 4 is 39.0 Å². The van der Waals surface area contributed by atoms with Crippen LogP contribution < -0.4 is 0 Å².